The summed E-state index contributed by atoms with van der Waals surface area (Å²) in [7, 11) is 0. The first kappa shape index (κ1) is 15.9. The number of halogens is 2. The van der Waals surface area contributed by atoms with E-state index in [1.807, 2.05) is 6.92 Å². The van der Waals surface area contributed by atoms with Crippen LogP contribution in [0.25, 0.3) is 0 Å². The van der Waals surface area contributed by atoms with Gasteiger partial charge in [0.25, 0.3) is 0 Å². The van der Waals surface area contributed by atoms with Gasteiger partial charge in [-0.3, -0.25) is 4.79 Å². The van der Waals surface area contributed by atoms with Crippen LogP contribution in [0.5, 0.6) is 0 Å². The van der Waals surface area contributed by atoms with E-state index in [0.717, 1.165) is 37.6 Å². The Labute approximate surface area is 124 Å². The van der Waals surface area contributed by atoms with Crippen molar-refractivity contribution in [1.82, 2.24) is 10.6 Å². The molecule has 0 saturated carbocycles. The molecule has 5 heteroatoms. The number of nitrogens with one attached hydrogen (secondary N) is 2. The Hall–Kier alpha value is -1.49. The Morgan fingerprint density at radius 1 is 1.33 bits per heavy atom. The summed E-state index contributed by atoms with van der Waals surface area (Å²) in [6.45, 7) is 3.72. The van der Waals surface area contributed by atoms with Crippen molar-refractivity contribution < 1.29 is 13.6 Å². The number of piperidine rings is 1. The Morgan fingerprint density at radius 3 is 2.71 bits per heavy atom. The average Bonchev–Trinajstić information content (AvgIpc) is 2.49. The molecular formula is C16H22F2N2O. The molecule has 1 atom stereocenters. The first-order valence-corrected chi connectivity index (χ1v) is 7.51. The predicted molar refractivity (Wildman–Crippen MR) is 77.9 cm³/mol. The number of benzene rings is 1. The minimum Gasteiger partial charge on any atom is -0.353 e. The van der Waals surface area contributed by atoms with Crippen LogP contribution in [-0.2, 0) is 11.2 Å². The lowest BCUT2D eigenvalue weighted by atomic mass is 9.96. The van der Waals surface area contributed by atoms with Crippen LogP contribution >= 0.6 is 0 Å². The number of aryl methyl sites for hydroxylation is 1. The number of hydrogen-bond acceptors (Lipinski definition) is 2. The molecule has 1 aliphatic heterocycles. The van der Waals surface area contributed by atoms with Crippen molar-refractivity contribution in [2.45, 2.75) is 38.6 Å². The molecule has 0 radical (unpaired) electrons. The molecule has 1 aromatic rings. The third kappa shape index (κ3) is 4.77. The van der Waals surface area contributed by atoms with E-state index in [1.54, 1.807) is 6.07 Å². The summed E-state index contributed by atoms with van der Waals surface area (Å²) in [6, 6.07) is 3.97. The van der Waals surface area contributed by atoms with Crippen molar-refractivity contribution >= 4 is 5.91 Å². The fourth-order valence-electron chi connectivity index (χ4n) is 2.60. The highest BCUT2D eigenvalue weighted by atomic mass is 19.2. The monoisotopic (exact) mass is 296 g/mol. The van der Waals surface area contributed by atoms with E-state index in [1.165, 1.54) is 6.07 Å². The molecule has 1 amide bonds. The highest BCUT2D eigenvalue weighted by molar-refractivity contribution is 5.79. The van der Waals surface area contributed by atoms with Gasteiger partial charge in [0, 0.05) is 12.0 Å². The first-order chi connectivity index (χ1) is 10.1. The van der Waals surface area contributed by atoms with E-state index in [4.69, 9.17) is 0 Å². The standard InChI is InChI=1S/C16H22F2N2O/c1-11(20-16(21)13-6-8-19-9-7-13)2-3-12-4-5-14(17)15(18)10-12/h4-5,10-11,13,19H,2-3,6-9H2,1H3,(H,20,21)/t11-/m0/s1. The molecule has 1 fully saturated rings. The molecule has 0 aliphatic carbocycles. The van der Waals surface area contributed by atoms with Crippen LogP contribution in [0, 0.1) is 17.6 Å². The molecule has 0 bridgehead atoms. The van der Waals surface area contributed by atoms with Gasteiger partial charge >= 0.3 is 0 Å². The molecule has 1 heterocycles. The second-order valence-corrected chi connectivity index (χ2v) is 5.72. The molecule has 2 rings (SSSR count). The molecule has 116 valence electrons. The molecule has 0 spiro atoms. The van der Waals surface area contributed by atoms with E-state index in [-0.39, 0.29) is 17.9 Å². The molecule has 3 nitrogen and oxygen atoms in total. The van der Waals surface area contributed by atoms with E-state index in [9.17, 15) is 13.6 Å². The molecule has 1 saturated heterocycles. The summed E-state index contributed by atoms with van der Waals surface area (Å²) in [5, 5.41) is 6.24. The first-order valence-electron chi connectivity index (χ1n) is 7.51. The fraction of sp³-hybridized carbons (Fsp3) is 0.562. The molecule has 0 aromatic heterocycles. The van der Waals surface area contributed by atoms with Gasteiger partial charge in [-0.1, -0.05) is 6.07 Å². The summed E-state index contributed by atoms with van der Waals surface area (Å²) in [6.07, 6.45) is 3.08. The van der Waals surface area contributed by atoms with E-state index >= 15 is 0 Å². The van der Waals surface area contributed by atoms with Crippen LogP contribution in [0.1, 0.15) is 31.7 Å². The van der Waals surface area contributed by atoms with Crippen molar-refractivity contribution in [3.8, 4) is 0 Å². The van der Waals surface area contributed by atoms with Crippen molar-refractivity contribution in [3.05, 3.63) is 35.4 Å². The van der Waals surface area contributed by atoms with Crippen LogP contribution in [0.3, 0.4) is 0 Å². The van der Waals surface area contributed by atoms with E-state index < -0.39 is 11.6 Å². The summed E-state index contributed by atoms with van der Waals surface area (Å²) < 4.78 is 25.9. The third-order valence-corrected chi connectivity index (χ3v) is 3.95. The smallest absolute Gasteiger partial charge is 0.223 e. The van der Waals surface area contributed by atoms with Crippen LogP contribution in [0.15, 0.2) is 18.2 Å². The largest absolute Gasteiger partial charge is 0.353 e. The Morgan fingerprint density at radius 2 is 2.05 bits per heavy atom. The maximum absolute atomic E-state index is 13.1. The van der Waals surface area contributed by atoms with Crippen LogP contribution in [0.2, 0.25) is 0 Å². The minimum atomic E-state index is -0.828. The van der Waals surface area contributed by atoms with Gasteiger partial charge in [-0.2, -0.15) is 0 Å². The maximum atomic E-state index is 13.1. The lowest BCUT2D eigenvalue weighted by molar-refractivity contribution is -0.126. The Balaban J connectivity index is 1.77. The zero-order valence-electron chi connectivity index (χ0n) is 12.3. The van der Waals surface area contributed by atoms with Gasteiger partial charge in [0.15, 0.2) is 11.6 Å². The van der Waals surface area contributed by atoms with Gasteiger partial charge in [0.2, 0.25) is 5.91 Å². The van der Waals surface area contributed by atoms with E-state index in [2.05, 4.69) is 10.6 Å². The number of rotatable bonds is 5. The highest BCUT2D eigenvalue weighted by Crippen LogP contribution is 2.14. The average molecular weight is 296 g/mol. The minimum absolute atomic E-state index is 0.0282. The van der Waals surface area contributed by atoms with Crippen molar-refractivity contribution in [1.29, 1.82) is 0 Å². The number of carbonyl (C=O) groups excluding carboxylic acids is 1. The van der Waals surface area contributed by atoms with Crippen LogP contribution in [0.4, 0.5) is 8.78 Å². The highest BCUT2D eigenvalue weighted by Gasteiger charge is 2.21. The fourth-order valence-corrected chi connectivity index (χ4v) is 2.60. The molecule has 1 aromatic carbocycles. The summed E-state index contributed by atoms with van der Waals surface area (Å²) in [5.41, 5.74) is 0.747. The van der Waals surface area contributed by atoms with Gasteiger partial charge < -0.3 is 10.6 Å². The van der Waals surface area contributed by atoms with Crippen molar-refractivity contribution in [2.75, 3.05) is 13.1 Å². The second kappa shape index (κ2) is 7.50. The van der Waals surface area contributed by atoms with E-state index in [0.29, 0.717) is 12.8 Å². The second-order valence-electron chi connectivity index (χ2n) is 5.72. The summed E-state index contributed by atoms with van der Waals surface area (Å²) in [4.78, 5) is 12.1. The third-order valence-electron chi connectivity index (χ3n) is 3.95. The normalized spacial score (nSPS) is 17.5. The topological polar surface area (TPSA) is 41.1 Å². The maximum Gasteiger partial charge on any atom is 0.223 e. The van der Waals surface area contributed by atoms with Gasteiger partial charge in [0.1, 0.15) is 0 Å². The zero-order chi connectivity index (χ0) is 15.2. The molecule has 0 unspecified atom stereocenters. The van der Waals surface area contributed by atoms with Crippen molar-refractivity contribution in [2.24, 2.45) is 5.92 Å². The van der Waals surface area contributed by atoms with Crippen LogP contribution < -0.4 is 10.6 Å². The van der Waals surface area contributed by atoms with Gasteiger partial charge in [-0.05, 0) is 63.4 Å². The summed E-state index contributed by atoms with van der Waals surface area (Å²) in [5.74, 6) is -1.45. The lowest BCUT2D eigenvalue weighted by Gasteiger charge is -2.24. The van der Waals surface area contributed by atoms with Gasteiger partial charge in [0.05, 0.1) is 0 Å². The summed E-state index contributed by atoms with van der Waals surface area (Å²) >= 11 is 0. The molecular weight excluding hydrogens is 274 g/mol. The van der Waals surface area contributed by atoms with Gasteiger partial charge in [-0.15, -0.1) is 0 Å². The number of hydrogen-bond donors (Lipinski definition) is 2. The number of amides is 1. The van der Waals surface area contributed by atoms with Crippen molar-refractivity contribution in [3.63, 3.8) is 0 Å². The quantitative estimate of drug-likeness (QED) is 0.876. The zero-order valence-corrected chi connectivity index (χ0v) is 12.3. The molecule has 21 heavy (non-hydrogen) atoms. The Bertz CT molecular complexity index is 487. The molecule has 2 N–H and O–H groups in total. The lowest BCUT2D eigenvalue weighted by Crippen LogP contribution is -2.41. The predicted octanol–water partition coefficient (Wildman–Crippen LogP) is 2.40. The van der Waals surface area contributed by atoms with Crippen LogP contribution in [-0.4, -0.2) is 25.0 Å². The Kier molecular flexibility index (Phi) is 5.67. The number of carbonyl (C=O) groups is 1. The molecule has 1 aliphatic rings. The van der Waals surface area contributed by atoms with Gasteiger partial charge in [-0.25, -0.2) is 8.78 Å². The SMILES string of the molecule is C[C@@H](CCc1ccc(F)c(F)c1)NC(=O)C1CCNCC1.